The van der Waals surface area contributed by atoms with E-state index in [1.807, 2.05) is 36.4 Å². The van der Waals surface area contributed by atoms with E-state index < -0.39 is 0 Å². The van der Waals surface area contributed by atoms with Crippen LogP contribution in [-0.2, 0) is 0 Å². The zero-order valence-electron chi connectivity index (χ0n) is 12.1. The van der Waals surface area contributed by atoms with Crippen molar-refractivity contribution < 1.29 is 8.81 Å². The van der Waals surface area contributed by atoms with Crippen molar-refractivity contribution in [2.75, 3.05) is 36.0 Å². The summed E-state index contributed by atoms with van der Waals surface area (Å²) in [6.07, 6.45) is 0. The normalized spacial score (nSPS) is 15.5. The Hall–Kier alpha value is -2.56. The lowest BCUT2D eigenvalue weighted by Crippen LogP contribution is -2.47. The van der Waals surface area contributed by atoms with Crippen molar-refractivity contribution in [1.29, 1.82) is 0 Å². The molecule has 2 aromatic carbocycles. The first-order valence-electron chi connectivity index (χ1n) is 7.41. The number of para-hydroxylation sites is 3. The second-order valence-corrected chi connectivity index (χ2v) is 5.39. The van der Waals surface area contributed by atoms with E-state index in [0.29, 0.717) is 11.7 Å². The smallest absolute Gasteiger partial charge is 0.298 e. The Kier molecular flexibility index (Phi) is 3.18. The number of aromatic nitrogens is 1. The lowest BCUT2D eigenvalue weighted by molar-refractivity contribution is 0.536. The Morgan fingerprint density at radius 3 is 2.32 bits per heavy atom. The van der Waals surface area contributed by atoms with Gasteiger partial charge in [0.2, 0.25) is 0 Å². The summed E-state index contributed by atoms with van der Waals surface area (Å²) in [4.78, 5) is 8.69. The Morgan fingerprint density at radius 2 is 1.55 bits per heavy atom. The quantitative estimate of drug-likeness (QED) is 0.726. The molecule has 1 fully saturated rings. The van der Waals surface area contributed by atoms with Crippen LogP contribution in [0.2, 0.25) is 0 Å². The molecule has 22 heavy (non-hydrogen) atoms. The summed E-state index contributed by atoms with van der Waals surface area (Å²) in [6.45, 7) is 3.03. The van der Waals surface area contributed by atoms with E-state index in [-0.39, 0.29) is 5.82 Å². The molecule has 4 rings (SSSR count). The second-order valence-electron chi connectivity index (χ2n) is 5.39. The molecule has 3 aromatic rings. The summed E-state index contributed by atoms with van der Waals surface area (Å²) in [7, 11) is 0. The molecule has 0 spiro atoms. The van der Waals surface area contributed by atoms with Crippen LogP contribution in [0.15, 0.2) is 52.9 Å². The molecule has 0 saturated carbocycles. The van der Waals surface area contributed by atoms with Crippen LogP contribution in [0, 0.1) is 5.82 Å². The molecule has 2 heterocycles. The topological polar surface area (TPSA) is 32.5 Å². The van der Waals surface area contributed by atoms with Gasteiger partial charge in [0.1, 0.15) is 11.3 Å². The van der Waals surface area contributed by atoms with E-state index in [1.54, 1.807) is 6.07 Å². The van der Waals surface area contributed by atoms with E-state index in [4.69, 9.17) is 4.42 Å². The molecule has 112 valence electrons. The molecular formula is C17H16FN3O. The molecule has 0 aliphatic carbocycles. The molecule has 0 bridgehead atoms. The number of rotatable bonds is 2. The molecule has 1 aromatic heterocycles. The molecule has 0 N–H and O–H groups in total. The maximum Gasteiger partial charge on any atom is 0.298 e. The first-order valence-corrected chi connectivity index (χ1v) is 7.41. The van der Waals surface area contributed by atoms with Gasteiger partial charge in [-0.3, -0.25) is 0 Å². The first-order chi connectivity index (χ1) is 10.8. The summed E-state index contributed by atoms with van der Waals surface area (Å²) in [5.41, 5.74) is 2.34. The molecule has 5 heteroatoms. The van der Waals surface area contributed by atoms with Crippen molar-refractivity contribution in [3.63, 3.8) is 0 Å². The number of oxazole rings is 1. The maximum absolute atomic E-state index is 13.8. The standard InChI is InChI=1S/C17H16FN3O/c18-13-5-1-3-7-15(13)20-9-11-21(12-10-20)17-19-14-6-2-4-8-16(14)22-17/h1-8H,9-12H2. The summed E-state index contributed by atoms with van der Waals surface area (Å²) in [5.74, 6) is -0.169. The van der Waals surface area contributed by atoms with E-state index in [1.165, 1.54) is 6.07 Å². The van der Waals surface area contributed by atoms with E-state index >= 15 is 0 Å². The third-order valence-electron chi connectivity index (χ3n) is 4.03. The highest BCUT2D eigenvalue weighted by Gasteiger charge is 2.22. The summed E-state index contributed by atoms with van der Waals surface area (Å²) in [5, 5.41) is 0. The molecule has 1 aliphatic heterocycles. The Balaban J connectivity index is 1.51. The second kappa shape index (κ2) is 5.33. The van der Waals surface area contributed by atoms with Crippen LogP contribution in [0.4, 0.5) is 16.1 Å². The molecular weight excluding hydrogens is 281 g/mol. The van der Waals surface area contributed by atoms with E-state index in [0.717, 1.165) is 37.3 Å². The lowest BCUT2D eigenvalue weighted by Gasteiger charge is -2.35. The van der Waals surface area contributed by atoms with Gasteiger partial charge in [-0.05, 0) is 24.3 Å². The molecule has 0 atom stereocenters. The average molecular weight is 297 g/mol. The SMILES string of the molecule is Fc1ccccc1N1CCN(c2nc3ccccc3o2)CC1. The number of fused-ring (bicyclic) bond motifs is 1. The van der Waals surface area contributed by atoms with Gasteiger partial charge in [0.25, 0.3) is 6.01 Å². The number of anilines is 2. The van der Waals surface area contributed by atoms with Crippen LogP contribution < -0.4 is 9.80 Å². The van der Waals surface area contributed by atoms with E-state index in [9.17, 15) is 4.39 Å². The van der Waals surface area contributed by atoms with Crippen LogP contribution >= 0.6 is 0 Å². The molecule has 1 saturated heterocycles. The largest absolute Gasteiger partial charge is 0.423 e. The van der Waals surface area contributed by atoms with Gasteiger partial charge in [-0.2, -0.15) is 4.98 Å². The van der Waals surface area contributed by atoms with Crippen molar-refractivity contribution in [2.45, 2.75) is 0 Å². The van der Waals surface area contributed by atoms with Crippen LogP contribution in [0.5, 0.6) is 0 Å². The third kappa shape index (κ3) is 2.28. The zero-order valence-corrected chi connectivity index (χ0v) is 12.1. The molecule has 0 radical (unpaired) electrons. The molecule has 0 unspecified atom stereocenters. The monoisotopic (exact) mass is 297 g/mol. The van der Waals surface area contributed by atoms with Crippen LogP contribution in [0.1, 0.15) is 0 Å². The van der Waals surface area contributed by atoms with Gasteiger partial charge in [0.15, 0.2) is 5.58 Å². The fraction of sp³-hybridized carbons (Fsp3) is 0.235. The Morgan fingerprint density at radius 1 is 0.864 bits per heavy atom. The fourth-order valence-corrected chi connectivity index (χ4v) is 2.84. The highest BCUT2D eigenvalue weighted by Crippen LogP contribution is 2.25. The Labute approximate surface area is 127 Å². The van der Waals surface area contributed by atoms with Gasteiger partial charge in [-0.25, -0.2) is 4.39 Å². The van der Waals surface area contributed by atoms with Gasteiger partial charge in [-0.15, -0.1) is 0 Å². The number of piperazine rings is 1. The summed E-state index contributed by atoms with van der Waals surface area (Å²) < 4.78 is 19.6. The van der Waals surface area contributed by atoms with Crippen molar-refractivity contribution >= 4 is 22.8 Å². The molecule has 0 amide bonds. The van der Waals surface area contributed by atoms with Gasteiger partial charge >= 0.3 is 0 Å². The predicted octanol–water partition coefficient (Wildman–Crippen LogP) is 3.29. The molecule has 4 nitrogen and oxygen atoms in total. The van der Waals surface area contributed by atoms with Gasteiger partial charge in [-0.1, -0.05) is 24.3 Å². The van der Waals surface area contributed by atoms with Gasteiger partial charge in [0, 0.05) is 26.2 Å². The van der Waals surface area contributed by atoms with Crippen LogP contribution in [-0.4, -0.2) is 31.2 Å². The first kappa shape index (κ1) is 13.1. The number of nitrogens with zero attached hydrogens (tertiary/aromatic N) is 3. The minimum Gasteiger partial charge on any atom is -0.423 e. The fourth-order valence-electron chi connectivity index (χ4n) is 2.84. The van der Waals surface area contributed by atoms with Crippen molar-refractivity contribution in [3.8, 4) is 0 Å². The highest BCUT2D eigenvalue weighted by atomic mass is 19.1. The zero-order chi connectivity index (χ0) is 14.9. The van der Waals surface area contributed by atoms with Gasteiger partial charge < -0.3 is 14.2 Å². The average Bonchev–Trinajstić information content (AvgIpc) is 2.99. The minimum absolute atomic E-state index is 0.169. The van der Waals surface area contributed by atoms with Gasteiger partial charge in [0.05, 0.1) is 5.69 Å². The molecule has 1 aliphatic rings. The number of halogens is 1. The van der Waals surface area contributed by atoms with Crippen molar-refractivity contribution in [1.82, 2.24) is 4.98 Å². The van der Waals surface area contributed by atoms with Crippen molar-refractivity contribution in [3.05, 3.63) is 54.3 Å². The summed E-state index contributed by atoms with van der Waals surface area (Å²) in [6, 6.07) is 15.3. The number of hydrogen-bond donors (Lipinski definition) is 0. The summed E-state index contributed by atoms with van der Waals surface area (Å²) >= 11 is 0. The predicted molar refractivity (Wildman–Crippen MR) is 84.8 cm³/mol. The number of hydrogen-bond acceptors (Lipinski definition) is 4. The van der Waals surface area contributed by atoms with E-state index in [2.05, 4.69) is 14.8 Å². The van der Waals surface area contributed by atoms with Crippen LogP contribution in [0.3, 0.4) is 0 Å². The highest BCUT2D eigenvalue weighted by molar-refractivity contribution is 5.74. The third-order valence-corrected chi connectivity index (χ3v) is 4.03. The maximum atomic E-state index is 13.8. The Bertz CT molecular complexity index is 760. The lowest BCUT2D eigenvalue weighted by atomic mass is 10.2. The minimum atomic E-state index is -0.169. The number of benzene rings is 2. The van der Waals surface area contributed by atoms with Crippen LogP contribution in [0.25, 0.3) is 11.1 Å². The van der Waals surface area contributed by atoms with Crippen molar-refractivity contribution in [2.24, 2.45) is 0 Å².